The Balaban J connectivity index is 1.84. The molecular weight excluding hydrogens is 264 g/mol. The maximum Gasteiger partial charge on any atom is 0.272 e. The first-order chi connectivity index (χ1) is 10.3. The summed E-state index contributed by atoms with van der Waals surface area (Å²) in [6.07, 6.45) is 1.04. The predicted molar refractivity (Wildman–Crippen MR) is 81.5 cm³/mol. The molecule has 0 saturated carbocycles. The van der Waals surface area contributed by atoms with Gasteiger partial charge in [-0.15, -0.1) is 0 Å². The lowest BCUT2D eigenvalue weighted by molar-refractivity contribution is 0.726. The van der Waals surface area contributed by atoms with Crippen LogP contribution in [0.1, 0.15) is 18.0 Å². The number of benzene rings is 1. The summed E-state index contributed by atoms with van der Waals surface area (Å²) in [6.45, 7) is 1.90. The van der Waals surface area contributed by atoms with Crippen LogP contribution in [-0.2, 0) is 0 Å². The molecule has 1 atom stereocenters. The molecule has 3 aromatic rings. The summed E-state index contributed by atoms with van der Waals surface area (Å²) in [5.41, 5.74) is 3.48. The number of aromatic amines is 1. The van der Waals surface area contributed by atoms with E-state index >= 15 is 0 Å². The molecule has 1 aliphatic rings. The topological polar surface area (TPSA) is 62.2 Å². The summed E-state index contributed by atoms with van der Waals surface area (Å²) < 4.78 is 1.51. The molecule has 0 bridgehead atoms. The van der Waals surface area contributed by atoms with Crippen molar-refractivity contribution < 1.29 is 0 Å². The minimum absolute atomic E-state index is 0.0518. The molecule has 1 aliphatic heterocycles. The van der Waals surface area contributed by atoms with E-state index in [1.165, 1.54) is 4.52 Å². The maximum absolute atomic E-state index is 12.3. The van der Waals surface area contributed by atoms with E-state index in [-0.39, 0.29) is 5.56 Å². The zero-order chi connectivity index (χ0) is 14.2. The smallest absolute Gasteiger partial charge is 0.272 e. The maximum atomic E-state index is 12.3. The fourth-order valence-corrected chi connectivity index (χ4v) is 2.89. The van der Waals surface area contributed by atoms with E-state index in [0.717, 1.165) is 36.5 Å². The first-order valence-corrected chi connectivity index (χ1v) is 7.20. The van der Waals surface area contributed by atoms with Gasteiger partial charge in [0.1, 0.15) is 0 Å². The Hall–Kier alpha value is -2.40. The van der Waals surface area contributed by atoms with Gasteiger partial charge in [0.25, 0.3) is 5.56 Å². The molecule has 21 heavy (non-hydrogen) atoms. The number of nitrogens with zero attached hydrogens (tertiary/aromatic N) is 2. The van der Waals surface area contributed by atoms with E-state index < -0.39 is 0 Å². The number of H-pyrrole nitrogens is 1. The Labute approximate surface area is 121 Å². The van der Waals surface area contributed by atoms with Crippen LogP contribution < -0.4 is 10.9 Å². The average molecular weight is 280 g/mol. The summed E-state index contributed by atoms with van der Waals surface area (Å²) in [5.74, 6) is 0.345. The molecule has 3 heterocycles. The summed E-state index contributed by atoms with van der Waals surface area (Å²) in [4.78, 5) is 16.9. The first kappa shape index (κ1) is 12.3. The molecule has 1 saturated heterocycles. The van der Waals surface area contributed by atoms with Crippen LogP contribution >= 0.6 is 0 Å². The molecule has 5 heteroatoms. The van der Waals surface area contributed by atoms with Crippen LogP contribution in [0, 0.1) is 0 Å². The molecular formula is C16H16N4O. The van der Waals surface area contributed by atoms with Gasteiger partial charge in [0.2, 0.25) is 0 Å². The van der Waals surface area contributed by atoms with Crippen LogP contribution in [0.25, 0.3) is 16.9 Å². The normalized spacial score (nSPS) is 18.4. The monoisotopic (exact) mass is 280 g/mol. The number of nitrogens with one attached hydrogen (secondary N) is 2. The number of hydrogen-bond donors (Lipinski definition) is 2. The van der Waals surface area contributed by atoms with Crippen LogP contribution in [0.2, 0.25) is 0 Å². The molecule has 0 amide bonds. The van der Waals surface area contributed by atoms with Crippen LogP contribution in [0.15, 0.2) is 47.3 Å². The van der Waals surface area contributed by atoms with Gasteiger partial charge in [-0.25, -0.2) is 9.50 Å². The van der Waals surface area contributed by atoms with Crippen molar-refractivity contribution in [1.82, 2.24) is 19.9 Å². The SMILES string of the molecule is O=c1cc(C2CCNC2)nc2cc(-c3ccccc3)[nH]n12. The third-order valence-electron chi connectivity index (χ3n) is 4.03. The molecule has 0 spiro atoms. The minimum atomic E-state index is -0.0518. The van der Waals surface area contributed by atoms with Crippen LogP contribution in [0.3, 0.4) is 0 Å². The van der Waals surface area contributed by atoms with Gasteiger partial charge >= 0.3 is 0 Å². The van der Waals surface area contributed by atoms with Crippen molar-refractivity contribution in [2.24, 2.45) is 0 Å². The summed E-state index contributed by atoms with van der Waals surface area (Å²) in [6, 6.07) is 13.5. The van der Waals surface area contributed by atoms with Crippen molar-refractivity contribution in [3.8, 4) is 11.3 Å². The van der Waals surface area contributed by atoms with Crippen molar-refractivity contribution in [2.75, 3.05) is 13.1 Å². The zero-order valence-corrected chi connectivity index (χ0v) is 11.5. The van der Waals surface area contributed by atoms with Gasteiger partial charge < -0.3 is 5.32 Å². The number of hydrogen-bond acceptors (Lipinski definition) is 3. The molecule has 2 N–H and O–H groups in total. The van der Waals surface area contributed by atoms with Crippen LogP contribution in [-0.4, -0.2) is 27.7 Å². The Bertz CT molecular complexity index is 828. The van der Waals surface area contributed by atoms with Gasteiger partial charge in [0, 0.05) is 24.6 Å². The number of fused-ring (bicyclic) bond motifs is 1. The van der Waals surface area contributed by atoms with E-state index in [0.29, 0.717) is 11.6 Å². The van der Waals surface area contributed by atoms with Crippen molar-refractivity contribution in [2.45, 2.75) is 12.3 Å². The van der Waals surface area contributed by atoms with Gasteiger partial charge in [-0.3, -0.25) is 9.89 Å². The van der Waals surface area contributed by atoms with Gasteiger partial charge in [0.05, 0.1) is 11.4 Å². The van der Waals surface area contributed by atoms with Crippen molar-refractivity contribution in [3.63, 3.8) is 0 Å². The highest BCUT2D eigenvalue weighted by atomic mass is 16.1. The van der Waals surface area contributed by atoms with E-state index in [9.17, 15) is 4.79 Å². The van der Waals surface area contributed by atoms with Gasteiger partial charge in [-0.05, 0) is 18.5 Å². The lowest BCUT2D eigenvalue weighted by Crippen LogP contribution is -2.18. The van der Waals surface area contributed by atoms with E-state index in [1.807, 2.05) is 36.4 Å². The Morgan fingerprint density at radius 2 is 2.05 bits per heavy atom. The Morgan fingerprint density at radius 1 is 1.19 bits per heavy atom. The third-order valence-corrected chi connectivity index (χ3v) is 4.03. The highest BCUT2D eigenvalue weighted by Crippen LogP contribution is 2.21. The first-order valence-electron chi connectivity index (χ1n) is 7.20. The molecule has 1 unspecified atom stereocenters. The Kier molecular flexibility index (Phi) is 2.86. The number of rotatable bonds is 2. The fourth-order valence-electron chi connectivity index (χ4n) is 2.89. The third kappa shape index (κ3) is 2.15. The van der Waals surface area contributed by atoms with Gasteiger partial charge in [-0.2, -0.15) is 0 Å². The van der Waals surface area contributed by atoms with E-state index in [4.69, 9.17) is 0 Å². The average Bonchev–Trinajstić information content (AvgIpc) is 3.17. The van der Waals surface area contributed by atoms with Crippen LogP contribution in [0.4, 0.5) is 0 Å². The largest absolute Gasteiger partial charge is 0.316 e. The summed E-state index contributed by atoms with van der Waals surface area (Å²) in [5, 5.41) is 6.44. The predicted octanol–water partition coefficient (Wildman–Crippen LogP) is 1.77. The molecule has 0 radical (unpaired) electrons. The lowest BCUT2D eigenvalue weighted by Gasteiger charge is -2.06. The van der Waals surface area contributed by atoms with E-state index in [1.54, 1.807) is 6.07 Å². The second-order valence-electron chi connectivity index (χ2n) is 5.44. The Morgan fingerprint density at radius 3 is 2.81 bits per heavy atom. The van der Waals surface area contributed by atoms with E-state index in [2.05, 4.69) is 15.4 Å². The zero-order valence-electron chi connectivity index (χ0n) is 11.5. The molecule has 1 aromatic carbocycles. The second kappa shape index (κ2) is 4.86. The quantitative estimate of drug-likeness (QED) is 0.752. The van der Waals surface area contributed by atoms with Crippen molar-refractivity contribution in [3.05, 3.63) is 58.5 Å². The molecule has 4 rings (SSSR count). The molecule has 5 nitrogen and oxygen atoms in total. The minimum Gasteiger partial charge on any atom is -0.316 e. The van der Waals surface area contributed by atoms with Crippen LogP contribution in [0.5, 0.6) is 0 Å². The van der Waals surface area contributed by atoms with Gasteiger partial charge in [-0.1, -0.05) is 30.3 Å². The summed E-state index contributed by atoms with van der Waals surface area (Å²) >= 11 is 0. The molecule has 2 aromatic heterocycles. The molecule has 106 valence electrons. The highest BCUT2D eigenvalue weighted by Gasteiger charge is 2.19. The summed E-state index contributed by atoms with van der Waals surface area (Å²) in [7, 11) is 0. The van der Waals surface area contributed by atoms with Crippen molar-refractivity contribution >= 4 is 5.65 Å². The van der Waals surface area contributed by atoms with Crippen molar-refractivity contribution in [1.29, 1.82) is 0 Å². The second-order valence-corrected chi connectivity index (χ2v) is 5.44. The molecule has 1 fully saturated rings. The molecule has 0 aliphatic carbocycles. The number of aromatic nitrogens is 3. The lowest BCUT2D eigenvalue weighted by atomic mass is 10.1. The van der Waals surface area contributed by atoms with Gasteiger partial charge in [0.15, 0.2) is 5.65 Å². The highest BCUT2D eigenvalue weighted by molar-refractivity contribution is 5.63. The fraction of sp³-hybridized carbons (Fsp3) is 0.250. The standard InChI is InChI=1S/C16H16N4O/c21-16-9-13(12-6-7-17-10-12)18-15-8-14(19-20(15)16)11-4-2-1-3-5-11/h1-5,8-9,12,17,19H,6-7,10H2.